The Kier molecular flexibility index (Phi) is 4.39. The number of rotatable bonds is 5. The Morgan fingerprint density at radius 1 is 1.46 bits per heavy atom. The third kappa shape index (κ3) is 3.87. The van der Waals surface area contributed by atoms with Crippen LogP contribution in [0.25, 0.3) is 0 Å². The van der Waals surface area contributed by atoms with Crippen molar-refractivity contribution >= 4 is 11.8 Å². The normalized spacial score (nSPS) is 13.2. The molecule has 0 bridgehead atoms. The molecule has 0 unspecified atom stereocenters. The molecule has 1 atom stereocenters. The Hall–Kier alpha value is -0.410. The highest BCUT2D eigenvalue weighted by Gasteiger charge is 2.01. The zero-order valence-corrected chi connectivity index (χ0v) is 8.93. The molecule has 3 heteroatoms. The maximum absolute atomic E-state index is 9.03. The van der Waals surface area contributed by atoms with E-state index in [4.69, 9.17) is 9.52 Å². The third-order valence-electron chi connectivity index (χ3n) is 1.67. The molecule has 1 N–H and O–H groups in total. The van der Waals surface area contributed by atoms with Gasteiger partial charge in [-0.3, -0.25) is 0 Å². The largest absolute Gasteiger partial charge is 0.465 e. The van der Waals surface area contributed by atoms with Crippen molar-refractivity contribution in [1.82, 2.24) is 0 Å². The van der Waals surface area contributed by atoms with Crippen molar-refractivity contribution in [2.45, 2.75) is 32.1 Å². The molecule has 0 aliphatic heterocycles. The molecule has 1 aromatic rings. The smallest absolute Gasteiger partial charge is 0.114 e. The van der Waals surface area contributed by atoms with E-state index in [0.29, 0.717) is 0 Å². The molecule has 0 amide bonds. The van der Waals surface area contributed by atoms with Crippen LogP contribution in [0.1, 0.15) is 25.4 Å². The van der Waals surface area contributed by atoms with E-state index >= 15 is 0 Å². The summed E-state index contributed by atoms with van der Waals surface area (Å²) in [6.07, 6.45) is 0.715. The Bertz CT molecular complexity index is 243. The first kappa shape index (κ1) is 10.7. The summed E-state index contributed by atoms with van der Waals surface area (Å²) in [5, 5.41) is 9.03. The number of aliphatic hydroxyl groups is 1. The van der Waals surface area contributed by atoms with Gasteiger partial charge in [0.1, 0.15) is 11.5 Å². The highest BCUT2D eigenvalue weighted by Crippen LogP contribution is 2.16. The SMILES string of the molecule is CCc1ccc(CSC[C@H](C)O)o1. The fraction of sp³-hybridized carbons (Fsp3) is 0.600. The maximum atomic E-state index is 9.03. The summed E-state index contributed by atoms with van der Waals surface area (Å²) in [5.74, 6) is 3.66. The fourth-order valence-corrected chi connectivity index (χ4v) is 1.84. The second kappa shape index (κ2) is 5.35. The molecule has 0 aliphatic rings. The minimum atomic E-state index is -0.231. The molecule has 0 radical (unpaired) electrons. The van der Waals surface area contributed by atoms with Crippen LogP contribution in [0.5, 0.6) is 0 Å². The second-order valence-corrected chi connectivity index (χ2v) is 4.12. The summed E-state index contributed by atoms with van der Waals surface area (Å²) in [4.78, 5) is 0. The van der Waals surface area contributed by atoms with Crippen LogP contribution in [-0.2, 0) is 12.2 Å². The number of hydrogen-bond acceptors (Lipinski definition) is 3. The Balaban J connectivity index is 2.28. The van der Waals surface area contributed by atoms with Crippen LogP contribution in [-0.4, -0.2) is 17.0 Å². The van der Waals surface area contributed by atoms with Crippen LogP contribution in [0, 0.1) is 0 Å². The summed E-state index contributed by atoms with van der Waals surface area (Å²) in [6, 6.07) is 4.02. The van der Waals surface area contributed by atoms with Gasteiger partial charge in [0.05, 0.1) is 11.9 Å². The lowest BCUT2D eigenvalue weighted by molar-refractivity contribution is 0.220. The summed E-state index contributed by atoms with van der Waals surface area (Å²) in [5.41, 5.74) is 0. The molecular formula is C10H16O2S. The average Bonchev–Trinajstić information content (AvgIpc) is 2.52. The van der Waals surface area contributed by atoms with Crippen molar-refractivity contribution in [3.8, 4) is 0 Å². The van der Waals surface area contributed by atoms with Crippen LogP contribution in [0.2, 0.25) is 0 Å². The van der Waals surface area contributed by atoms with E-state index in [2.05, 4.69) is 6.92 Å². The minimum absolute atomic E-state index is 0.231. The lowest BCUT2D eigenvalue weighted by Crippen LogP contribution is -2.02. The van der Waals surface area contributed by atoms with Crippen LogP contribution >= 0.6 is 11.8 Å². The summed E-state index contributed by atoms with van der Waals surface area (Å²) in [6.45, 7) is 3.87. The molecule has 0 aromatic carbocycles. The summed E-state index contributed by atoms with van der Waals surface area (Å²) in [7, 11) is 0. The Labute approximate surface area is 83.3 Å². The molecule has 1 rings (SSSR count). The van der Waals surface area contributed by atoms with E-state index in [1.807, 2.05) is 12.1 Å². The zero-order chi connectivity index (χ0) is 9.68. The van der Waals surface area contributed by atoms with E-state index < -0.39 is 0 Å². The molecule has 0 fully saturated rings. The molecule has 0 aliphatic carbocycles. The van der Waals surface area contributed by atoms with E-state index in [1.165, 1.54) is 0 Å². The van der Waals surface area contributed by atoms with Gasteiger partial charge in [-0.1, -0.05) is 6.92 Å². The van der Waals surface area contributed by atoms with Crippen LogP contribution in [0.3, 0.4) is 0 Å². The maximum Gasteiger partial charge on any atom is 0.114 e. The van der Waals surface area contributed by atoms with Gasteiger partial charge in [0.15, 0.2) is 0 Å². The number of thioether (sulfide) groups is 1. The van der Waals surface area contributed by atoms with Gasteiger partial charge in [-0.15, -0.1) is 0 Å². The molecule has 74 valence electrons. The molecule has 0 saturated heterocycles. The first-order valence-electron chi connectivity index (χ1n) is 4.55. The van der Waals surface area contributed by atoms with Gasteiger partial charge in [0.25, 0.3) is 0 Å². The minimum Gasteiger partial charge on any atom is -0.465 e. The van der Waals surface area contributed by atoms with Crippen LogP contribution in [0.15, 0.2) is 16.5 Å². The number of aliphatic hydroxyl groups excluding tert-OH is 1. The summed E-state index contributed by atoms with van der Waals surface area (Å²) < 4.78 is 5.51. The van der Waals surface area contributed by atoms with Crippen molar-refractivity contribution in [3.05, 3.63) is 23.7 Å². The van der Waals surface area contributed by atoms with Crippen molar-refractivity contribution in [2.75, 3.05) is 5.75 Å². The van der Waals surface area contributed by atoms with Crippen molar-refractivity contribution in [1.29, 1.82) is 0 Å². The van der Waals surface area contributed by atoms with E-state index in [-0.39, 0.29) is 6.10 Å². The highest BCUT2D eigenvalue weighted by atomic mass is 32.2. The molecule has 1 aromatic heterocycles. The zero-order valence-electron chi connectivity index (χ0n) is 8.12. The van der Waals surface area contributed by atoms with E-state index in [1.54, 1.807) is 18.7 Å². The van der Waals surface area contributed by atoms with Crippen LogP contribution < -0.4 is 0 Å². The number of aryl methyl sites for hydroxylation is 1. The van der Waals surface area contributed by atoms with Crippen LogP contribution in [0.4, 0.5) is 0 Å². The predicted molar refractivity (Wildman–Crippen MR) is 55.9 cm³/mol. The Morgan fingerprint density at radius 3 is 2.69 bits per heavy atom. The van der Waals surface area contributed by atoms with Gasteiger partial charge >= 0.3 is 0 Å². The fourth-order valence-electron chi connectivity index (χ4n) is 1.02. The number of hydrogen-bond donors (Lipinski definition) is 1. The van der Waals surface area contributed by atoms with Crippen molar-refractivity contribution in [3.63, 3.8) is 0 Å². The lowest BCUT2D eigenvalue weighted by atomic mass is 10.4. The quantitative estimate of drug-likeness (QED) is 0.792. The predicted octanol–water partition coefficient (Wildman–Crippen LogP) is 2.46. The summed E-state index contributed by atoms with van der Waals surface area (Å²) >= 11 is 1.69. The van der Waals surface area contributed by atoms with Gasteiger partial charge in [-0.05, 0) is 19.1 Å². The second-order valence-electron chi connectivity index (χ2n) is 3.09. The topological polar surface area (TPSA) is 33.4 Å². The Morgan fingerprint density at radius 2 is 2.15 bits per heavy atom. The third-order valence-corrected chi connectivity index (χ3v) is 2.88. The lowest BCUT2D eigenvalue weighted by Gasteiger charge is -2.01. The average molecular weight is 200 g/mol. The molecular weight excluding hydrogens is 184 g/mol. The molecule has 13 heavy (non-hydrogen) atoms. The monoisotopic (exact) mass is 200 g/mol. The van der Waals surface area contributed by atoms with Gasteiger partial charge < -0.3 is 9.52 Å². The standard InChI is InChI=1S/C10H16O2S/c1-3-9-4-5-10(12-9)7-13-6-8(2)11/h4-5,8,11H,3,6-7H2,1-2H3/t8-/m0/s1. The molecule has 1 heterocycles. The first-order chi connectivity index (χ1) is 6.22. The van der Waals surface area contributed by atoms with Gasteiger partial charge in [-0.25, -0.2) is 0 Å². The van der Waals surface area contributed by atoms with Gasteiger partial charge in [0, 0.05) is 12.2 Å². The van der Waals surface area contributed by atoms with Crippen molar-refractivity contribution < 1.29 is 9.52 Å². The highest BCUT2D eigenvalue weighted by molar-refractivity contribution is 7.98. The molecule has 2 nitrogen and oxygen atoms in total. The first-order valence-corrected chi connectivity index (χ1v) is 5.71. The number of furan rings is 1. The van der Waals surface area contributed by atoms with E-state index in [0.717, 1.165) is 29.4 Å². The van der Waals surface area contributed by atoms with Crippen molar-refractivity contribution in [2.24, 2.45) is 0 Å². The van der Waals surface area contributed by atoms with E-state index in [9.17, 15) is 0 Å². The van der Waals surface area contributed by atoms with Gasteiger partial charge in [0.2, 0.25) is 0 Å². The molecule has 0 saturated carbocycles. The molecule has 0 spiro atoms. The van der Waals surface area contributed by atoms with Gasteiger partial charge in [-0.2, -0.15) is 11.8 Å².